The number of aromatic carboxylic acids is 1. The average Bonchev–Trinajstić information content (AvgIpc) is 2.27. The van der Waals surface area contributed by atoms with Gasteiger partial charge >= 0.3 is 5.97 Å². The molecule has 0 aromatic heterocycles. The van der Waals surface area contributed by atoms with Crippen LogP contribution in [0.3, 0.4) is 0 Å². The Balaban J connectivity index is 2.73. The molecule has 0 bridgehead atoms. The van der Waals surface area contributed by atoms with E-state index in [9.17, 15) is 9.59 Å². The monoisotopic (exact) mass is 223 g/mol. The van der Waals surface area contributed by atoms with E-state index in [4.69, 9.17) is 9.84 Å². The molecule has 0 unspecified atom stereocenters. The van der Waals surface area contributed by atoms with Crippen molar-refractivity contribution in [1.82, 2.24) is 0 Å². The Morgan fingerprint density at radius 3 is 2.69 bits per heavy atom. The molecule has 0 atom stereocenters. The topological polar surface area (TPSA) is 75.6 Å². The summed E-state index contributed by atoms with van der Waals surface area (Å²) in [6.45, 7) is 0.307. The number of ether oxygens (including phenoxy) is 1. The van der Waals surface area contributed by atoms with E-state index in [2.05, 4.69) is 5.32 Å². The molecule has 0 spiro atoms. The molecule has 5 nitrogen and oxygen atoms in total. The molecule has 0 heterocycles. The van der Waals surface area contributed by atoms with Gasteiger partial charge in [0.15, 0.2) is 0 Å². The number of carbonyl (C=O) groups is 2. The van der Waals surface area contributed by atoms with E-state index < -0.39 is 5.97 Å². The number of anilines is 1. The lowest BCUT2D eigenvalue weighted by Gasteiger charge is -2.07. The van der Waals surface area contributed by atoms with E-state index in [1.807, 2.05) is 0 Å². The molecule has 0 fully saturated rings. The van der Waals surface area contributed by atoms with E-state index in [0.29, 0.717) is 12.3 Å². The predicted octanol–water partition coefficient (Wildman–Crippen LogP) is 1.36. The fourth-order valence-corrected chi connectivity index (χ4v) is 1.19. The number of rotatable bonds is 5. The van der Waals surface area contributed by atoms with Crippen molar-refractivity contribution in [3.05, 3.63) is 29.8 Å². The highest BCUT2D eigenvalue weighted by atomic mass is 16.5. The second-order valence-electron chi connectivity index (χ2n) is 3.14. The first kappa shape index (κ1) is 12.2. The molecule has 1 amide bonds. The quantitative estimate of drug-likeness (QED) is 0.790. The zero-order valence-corrected chi connectivity index (χ0v) is 8.90. The molecule has 0 radical (unpaired) electrons. The first-order valence-corrected chi connectivity index (χ1v) is 4.76. The number of carboxylic acids is 1. The molecule has 0 aliphatic heterocycles. The Morgan fingerprint density at radius 2 is 2.06 bits per heavy atom. The zero-order valence-electron chi connectivity index (χ0n) is 8.90. The van der Waals surface area contributed by atoms with Crippen LogP contribution in [0.25, 0.3) is 0 Å². The maximum absolute atomic E-state index is 11.4. The molecular formula is C11H13NO4. The third-order valence-electron chi connectivity index (χ3n) is 1.96. The number of carboxylic acid groups (broad SMARTS) is 1. The van der Waals surface area contributed by atoms with Crippen molar-refractivity contribution in [2.75, 3.05) is 19.0 Å². The highest BCUT2D eigenvalue weighted by molar-refractivity contribution is 6.00. The van der Waals surface area contributed by atoms with Crippen LogP contribution in [0.15, 0.2) is 24.3 Å². The van der Waals surface area contributed by atoms with Gasteiger partial charge in [0.25, 0.3) is 0 Å². The Labute approximate surface area is 93.0 Å². The highest BCUT2D eigenvalue weighted by Gasteiger charge is 2.10. The fourth-order valence-electron chi connectivity index (χ4n) is 1.19. The van der Waals surface area contributed by atoms with Crippen LogP contribution in [0.1, 0.15) is 16.8 Å². The molecule has 0 aliphatic carbocycles. The smallest absolute Gasteiger partial charge is 0.337 e. The summed E-state index contributed by atoms with van der Waals surface area (Å²) in [5, 5.41) is 11.4. The van der Waals surface area contributed by atoms with Crippen LogP contribution in [0, 0.1) is 0 Å². The third kappa shape index (κ3) is 3.36. The molecular weight excluding hydrogens is 210 g/mol. The maximum Gasteiger partial charge on any atom is 0.337 e. The molecule has 1 aromatic rings. The van der Waals surface area contributed by atoms with Gasteiger partial charge < -0.3 is 15.2 Å². The molecule has 0 aliphatic rings. The van der Waals surface area contributed by atoms with E-state index in [1.54, 1.807) is 18.2 Å². The normalized spacial score (nSPS) is 9.81. The predicted molar refractivity (Wildman–Crippen MR) is 58.5 cm³/mol. The molecule has 1 rings (SSSR count). The van der Waals surface area contributed by atoms with Crippen molar-refractivity contribution >= 4 is 17.6 Å². The minimum atomic E-state index is -1.07. The van der Waals surface area contributed by atoms with Gasteiger partial charge in [-0.3, -0.25) is 4.79 Å². The summed E-state index contributed by atoms with van der Waals surface area (Å²) in [7, 11) is 1.50. The van der Waals surface area contributed by atoms with Crippen molar-refractivity contribution in [3.8, 4) is 0 Å². The number of carbonyl (C=O) groups excluding carboxylic acids is 1. The Kier molecular flexibility index (Phi) is 4.47. The summed E-state index contributed by atoms with van der Waals surface area (Å²) in [6, 6.07) is 6.26. The van der Waals surface area contributed by atoms with Gasteiger partial charge in [-0.2, -0.15) is 0 Å². The van der Waals surface area contributed by atoms with Gasteiger partial charge in [0, 0.05) is 7.11 Å². The molecule has 2 N–H and O–H groups in total. The molecule has 86 valence electrons. The standard InChI is InChI=1S/C11H13NO4/c1-16-7-6-10(13)12-9-5-3-2-4-8(9)11(14)15/h2-5H,6-7H2,1H3,(H,12,13)(H,14,15). The first-order chi connectivity index (χ1) is 7.65. The lowest BCUT2D eigenvalue weighted by atomic mass is 10.2. The van der Waals surface area contributed by atoms with E-state index >= 15 is 0 Å². The summed E-state index contributed by atoms with van der Waals surface area (Å²) in [4.78, 5) is 22.2. The van der Waals surface area contributed by atoms with Crippen LogP contribution in [-0.2, 0) is 9.53 Å². The summed E-state index contributed by atoms with van der Waals surface area (Å²) in [6.07, 6.45) is 0.199. The first-order valence-electron chi connectivity index (χ1n) is 4.76. The molecule has 0 saturated carbocycles. The summed E-state index contributed by atoms with van der Waals surface area (Å²) in [5.74, 6) is -1.34. The number of nitrogens with one attached hydrogen (secondary N) is 1. The Hall–Kier alpha value is -1.88. The van der Waals surface area contributed by atoms with Gasteiger partial charge in [0.1, 0.15) is 0 Å². The van der Waals surface area contributed by atoms with Crippen molar-refractivity contribution < 1.29 is 19.4 Å². The molecule has 5 heteroatoms. The van der Waals surface area contributed by atoms with Crippen molar-refractivity contribution in [3.63, 3.8) is 0 Å². The van der Waals surface area contributed by atoms with Crippen LogP contribution in [0.5, 0.6) is 0 Å². The number of hydrogen-bond donors (Lipinski definition) is 2. The number of hydrogen-bond acceptors (Lipinski definition) is 3. The summed E-state index contributed by atoms with van der Waals surface area (Å²) >= 11 is 0. The number of para-hydroxylation sites is 1. The second kappa shape index (κ2) is 5.87. The van der Waals surface area contributed by atoms with Gasteiger partial charge in [0.2, 0.25) is 5.91 Å². The van der Waals surface area contributed by atoms with Crippen molar-refractivity contribution in [2.24, 2.45) is 0 Å². The van der Waals surface area contributed by atoms with Crippen molar-refractivity contribution in [1.29, 1.82) is 0 Å². The number of amides is 1. The molecule has 1 aromatic carbocycles. The van der Waals surface area contributed by atoms with Gasteiger partial charge in [-0.1, -0.05) is 12.1 Å². The van der Waals surface area contributed by atoms with Crippen molar-refractivity contribution in [2.45, 2.75) is 6.42 Å². The second-order valence-corrected chi connectivity index (χ2v) is 3.14. The SMILES string of the molecule is COCCC(=O)Nc1ccccc1C(=O)O. The Morgan fingerprint density at radius 1 is 1.38 bits per heavy atom. The van der Waals surface area contributed by atoms with Crippen LogP contribution in [0.4, 0.5) is 5.69 Å². The van der Waals surface area contributed by atoms with E-state index in [0.717, 1.165) is 0 Å². The third-order valence-corrected chi connectivity index (χ3v) is 1.96. The highest BCUT2D eigenvalue weighted by Crippen LogP contribution is 2.14. The van der Waals surface area contributed by atoms with Gasteiger partial charge in [0.05, 0.1) is 24.3 Å². The summed E-state index contributed by atoms with van der Waals surface area (Å²) in [5.41, 5.74) is 0.379. The van der Waals surface area contributed by atoms with Gasteiger partial charge in [-0.15, -0.1) is 0 Å². The van der Waals surface area contributed by atoms with Gasteiger partial charge in [-0.05, 0) is 12.1 Å². The maximum atomic E-state index is 11.4. The summed E-state index contributed by atoms with van der Waals surface area (Å²) < 4.78 is 4.75. The van der Waals surface area contributed by atoms with E-state index in [1.165, 1.54) is 13.2 Å². The van der Waals surface area contributed by atoms with Crippen LogP contribution in [-0.4, -0.2) is 30.7 Å². The minimum Gasteiger partial charge on any atom is -0.478 e. The van der Waals surface area contributed by atoms with Crippen LogP contribution < -0.4 is 5.32 Å². The Bertz CT molecular complexity index is 389. The number of benzene rings is 1. The number of methoxy groups -OCH3 is 1. The van der Waals surface area contributed by atoms with E-state index in [-0.39, 0.29) is 17.9 Å². The van der Waals surface area contributed by atoms with Crippen LogP contribution >= 0.6 is 0 Å². The average molecular weight is 223 g/mol. The molecule has 16 heavy (non-hydrogen) atoms. The lowest BCUT2D eigenvalue weighted by Crippen LogP contribution is -2.15. The van der Waals surface area contributed by atoms with Gasteiger partial charge in [-0.25, -0.2) is 4.79 Å². The van der Waals surface area contributed by atoms with Crippen LogP contribution in [0.2, 0.25) is 0 Å². The lowest BCUT2D eigenvalue weighted by molar-refractivity contribution is -0.117. The minimum absolute atomic E-state index is 0.0771. The fraction of sp³-hybridized carbons (Fsp3) is 0.273. The zero-order chi connectivity index (χ0) is 12.0. The molecule has 0 saturated heterocycles. The largest absolute Gasteiger partial charge is 0.478 e.